The predicted octanol–water partition coefficient (Wildman–Crippen LogP) is 1.19. The molecule has 1 N–H and O–H groups in total. The highest BCUT2D eigenvalue weighted by Crippen LogP contribution is 1.98. The van der Waals surface area contributed by atoms with Crippen molar-refractivity contribution in [2.24, 2.45) is 5.92 Å². The molecule has 0 heterocycles. The van der Waals surface area contributed by atoms with E-state index < -0.39 is 11.4 Å². The standard InChI is InChI=1S/C5H12O3S/c1-5(2)3-4-8-9(6)7/h5H,3-4H2,1-2H3,(H,6,7). The quantitative estimate of drug-likeness (QED) is 0.615. The molecular weight excluding hydrogens is 140 g/mol. The third kappa shape index (κ3) is 8.07. The van der Waals surface area contributed by atoms with Crippen LogP contribution in [0.1, 0.15) is 20.3 Å². The topological polar surface area (TPSA) is 46.5 Å². The van der Waals surface area contributed by atoms with Crippen LogP contribution in [0.3, 0.4) is 0 Å². The first-order valence-electron chi connectivity index (χ1n) is 2.87. The third-order valence-electron chi connectivity index (χ3n) is 0.879. The van der Waals surface area contributed by atoms with E-state index in [1.165, 1.54) is 0 Å². The van der Waals surface area contributed by atoms with Crippen LogP contribution in [0.25, 0.3) is 0 Å². The summed E-state index contributed by atoms with van der Waals surface area (Å²) in [5, 5.41) is 0. The zero-order chi connectivity index (χ0) is 7.28. The molecule has 9 heavy (non-hydrogen) atoms. The summed E-state index contributed by atoms with van der Waals surface area (Å²) in [7, 11) is 0. The van der Waals surface area contributed by atoms with E-state index in [0.29, 0.717) is 12.5 Å². The molecule has 4 heteroatoms. The van der Waals surface area contributed by atoms with Crippen LogP contribution in [-0.4, -0.2) is 15.4 Å². The highest BCUT2D eigenvalue weighted by molar-refractivity contribution is 7.74. The first-order chi connectivity index (χ1) is 4.13. The average Bonchev–Trinajstić information content (AvgIpc) is 1.63. The molecule has 0 aliphatic carbocycles. The van der Waals surface area contributed by atoms with Gasteiger partial charge in [-0.15, -0.1) is 0 Å². The highest BCUT2D eigenvalue weighted by Gasteiger charge is 1.95. The van der Waals surface area contributed by atoms with E-state index in [2.05, 4.69) is 4.18 Å². The number of rotatable bonds is 4. The summed E-state index contributed by atoms with van der Waals surface area (Å²) in [6, 6.07) is 0. The zero-order valence-corrected chi connectivity index (χ0v) is 6.48. The van der Waals surface area contributed by atoms with Gasteiger partial charge in [0.05, 0.1) is 6.61 Å². The van der Waals surface area contributed by atoms with Crippen molar-refractivity contribution in [2.75, 3.05) is 6.61 Å². The molecule has 0 aliphatic heterocycles. The van der Waals surface area contributed by atoms with Crippen molar-refractivity contribution in [3.8, 4) is 0 Å². The summed E-state index contributed by atoms with van der Waals surface area (Å²) in [5.41, 5.74) is 0. The van der Waals surface area contributed by atoms with Crippen molar-refractivity contribution >= 4 is 11.4 Å². The van der Waals surface area contributed by atoms with Crippen LogP contribution in [0.4, 0.5) is 0 Å². The summed E-state index contributed by atoms with van der Waals surface area (Å²) in [4.78, 5) is 0. The smallest absolute Gasteiger partial charge is 0.284 e. The molecule has 56 valence electrons. The van der Waals surface area contributed by atoms with Gasteiger partial charge in [0.2, 0.25) is 0 Å². The van der Waals surface area contributed by atoms with Gasteiger partial charge in [-0.2, -0.15) is 4.21 Å². The molecule has 3 nitrogen and oxygen atoms in total. The molecule has 1 atom stereocenters. The lowest BCUT2D eigenvalue weighted by Gasteiger charge is -2.00. The monoisotopic (exact) mass is 152 g/mol. The Bertz CT molecular complexity index is 92.2. The van der Waals surface area contributed by atoms with Crippen molar-refractivity contribution in [1.29, 1.82) is 0 Å². The van der Waals surface area contributed by atoms with Crippen LogP contribution in [0, 0.1) is 5.92 Å². The Labute approximate surface area is 57.9 Å². The van der Waals surface area contributed by atoms with Gasteiger partial charge in [-0.25, -0.2) is 0 Å². The molecule has 0 aromatic heterocycles. The van der Waals surface area contributed by atoms with Gasteiger partial charge >= 0.3 is 11.4 Å². The van der Waals surface area contributed by atoms with Gasteiger partial charge in [-0.1, -0.05) is 13.8 Å². The third-order valence-corrected chi connectivity index (χ3v) is 1.25. The van der Waals surface area contributed by atoms with Gasteiger partial charge < -0.3 is 0 Å². The minimum atomic E-state index is -2.08. The van der Waals surface area contributed by atoms with Gasteiger partial charge in [-0.05, 0) is 12.3 Å². The second kappa shape index (κ2) is 4.90. The van der Waals surface area contributed by atoms with Crippen LogP contribution in [0.5, 0.6) is 0 Å². The zero-order valence-electron chi connectivity index (χ0n) is 5.66. The lowest BCUT2D eigenvalue weighted by atomic mass is 10.2. The van der Waals surface area contributed by atoms with E-state index in [0.717, 1.165) is 6.42 Å². The highest BCUT2D eigenvalue weighted by atomic mass is 32.2. The van der Waals surface area contributed by atoms with E-state index in [1.54, 1.807) is 0 Å². The lowest BCUT2D eigenvalue weighted by molar-refractivity contribution is 0.284. The van der Waals surface area contributed by atoms with E-state index >= 15 is 0 Å². The SMILES string of the molecule is CC(C)CCOS(=O)O. The molecule has 0 bridgehead atoms. The Balaban J connectivity index is 3.01. The van der Waals surface area contributed by atoms with Gasteiger partial charge in [0.25, 0.3) is 0 Å². The van der Waals surface area contributed by atoms with Crippen LogP contribution in [0.15, 0.2) is 0 Å². The molecular formula is C5H12O3S. The van der Waals surface area contributed by atoms with Gasteiger partial charge in [-0.3, -0.25) is 8.74 Å². The van der Waals surface area contributed by atoms with Crippen molar-refractivity contribution < 1.29 is 12.9 Å². The van der Waals surface area contributed by atoms with Crippen LogP contribution in [-0.2, 0) is 15.5 Å². The predicted molar refractivity (Wildman–Crippen MR) is 36.2 cm³/mol. The Kier molecular flexibility index (Phi) is 4.94. The van der Waals surface area contributed by atoms with Crippen molar-refractivity contribution in [3.05, 3.63) is 0 Å². The average molecular weight is 152 g/mol. The Morgan fingerprint density at radius 3 is 2.56 bits per heavy atom. The fraction of sp³-hybridized carbons (Fsp3) is 1.00. The molecule has 0 spiro atoms. The van der Waals surface area contributed by atoms with E-state index in [-0.39, 0.29) is 0 Å². The van der Waals surface area contributed by atoms with Crippen LogP contribution >= 0.6 is 0 Å². The van der Waals surface area contributed by atoms with Crippen LogP contribution < -0.4 is 0 Å². The minimum absolute atomic E-state index is 0.362. The Morgan fingerprint density at radius 2 is 2.22 bits per heavy atom. The van der Waals surface area contributed by atoms with E-state index in [1.807, 2.05) is 13.8 Å². The van der Waals surface area contributed by atoms with Crippen LogP contribution in [0.2, 0.25) is 0 Å². The second-order valence-electron chi connectivity index (χ2n) is 2.22. The van der Waals surface area contributed by atoms with Crippen molar-refractivity contribution in [2.45, 2.75) is 20.3 Å². The first-order valence-corrected chi connectivity index (χ1v) is 3.90. The van der Waals surface area contributed by atoms with Gasteiger partial charge in [0.1, 0.15) is 0 Å². The second-order valence-corrected chi connectivity index (χ2v) is 2.89. The maximum absolute atomic E-state index is 9.87. The molecule has 0 rings (SSSR count). The maximum atomic E-state index is 9.87. The van der Waals surface area contributed by atoms with Crippen molar-refractivity contribution in [3.63, 3.8) is 0 Å². The first kappa shape index (κ1) is 9.07. The molecule has 0 amide bonds. The molecule has 0 aromatic carbocycles. The summed E-state index contributed by atoms with van der Waals surface area (Å²) >= 11 is -2.08. The fourth-order valence-electron chi connectivity index (χ4n) is 0.355. The van der Waals surface area contributed by atoms with Gasteiger partial charge in [0, 0.05) is 0 Å². The van der Waals surface area contributed by atoms with Gasteiger partial charge in [0.15, 0.2) is 0 Å². The normalized spacial score (nSPS) is 14.2. The molecule has 0 saturated carbocycles. The molecule has 0 aromatic rings. The Hall–Kier alpha value is 0.0700. The number of hydrogen-bond acceptors (Lipinski definition) is 2. The molecule has 0 aliphatic rings. The maximum Gasteiger partial charge on any atom is 0.301 e. The summed E-state index contributed by atoms with van der Waals surface area (Å²) in [6.07, 6.45) is 0.826. The Morgan fingerprint density at radius 1 is 1.67 bits per heavy atom. The van der Waals surface area contributed by atoms with Crippen molar-refractivity contribution in [1.82, 2.24) is 0 Å². The number of hydrogen-bond donors (Lipinski definition) is 1. The lowest BCUT2D eigenvalue weighted by Crippen LogP contribution is -2.00. The van der Waals surface area contributed by atoms with E-state index in [4.69, 9.17) is 4.55 Å². The fourth-order valence-corrected chi connectivity index (χ4v) is 0.594. The summed E-state index contributed by atoms with van der Waals surface area (Å²) < 4.78 is 22.4. The molecule has 0 saturated heterocycles. The summed E-state index contributed by atoms with van der Waals surface area (Å²) in [5.74, 6) is 0.522. The summed E-state index contributed by atoms with van der Waals surface area (Å²) in [6.45, 7) is 4.42. The van der Waals surface area contributed by atoms with E-state index in [9.17, 15) is 4.21 Å². The molecule has 0 radical (unpaired) electrons. The largest absolute Gasteiger partial charge is 0.301 e. The molecule has 1 unspecified atom stereocenters. The molecule has 0 fully saturated rings. The minimum Gasteiger partial charge on any atom is -0.284 e.